The average molecular weight is 311 g/mol. The summed E-state index contributed by atoms with van der Waals surface area (Å²) in [5.74, 6) is -0.356. The SMILES string of the molecule is O=C(Cc1ccccc1F)N(C1CC1)C1CCS(=O)(=O)C1. The Balaban J connectivity index is 1.76. The monoisotopic (exact) mass is 311 g/mol. The normalized spacial score (nSPS) is 24.0. The lowest BCUT2D eigenvalue weighted by molar-refractivity contribution is -0.133. The largest absolute Gasteiger partial charge is 0.335 e. The number of sulfone groups is 1. The highest BCUT2D eigenvalue weighted by Gasteiger charge is 2.41. The van der Waals surface area contributed by atoms with Gasteiger partial charge in [0.25, 0.3) is 0 Å². The third-order valence-electron chi connectivity index (χ3n) is 4.13. The summed E-state index contributed by atoms with van der Waals surface area (Å²) in [5, 5.41) is 0. The van der Waals surface area contributed by atoms with Crippen LogP contribution in [0.4, 0.5) is 4.39 Å². The van der Waals surface area contributed by atoms with E-state index in [-0.39, 0.29) is 41.7 Å². The van der Waals surface area contributed by atoms with E-state index in [9.17, 15) is 17.6 Å². The molecule has 21 heavy (non-hydrogen) atoms. The van der Waals surface area contributed by atoms with E-state index < -0.39 is 9.84 Å². The molecule has 114 valence electrons. The van der Waals surface area contributed by atoms with Gasteiger partial charge in [0.15, 0.2) is 9.84 Å². The predicted molar refractivity (Wildman–Crippen MR) is 77.0 cm³/mol. The van der Waals surface area contributed by atoms with Crippen molar-refractivity contribution in [2.45, 2.75) is 37.8 Å². The van der Waals surface area contributed by atoms with E-state index in [4.69, 9.17) is 0 Å². The van der Waals surface area contributed by atoms with Gasteiger partial charge >= 0.3 is 0 Å². The van der Waals surface area contributed by atoms with Crippen LogP contribution in [-0.4, -0.2) is 42.8 Å². The summed E-state index contributed by atoms with van der Waals surface area (Å²) in [7, 11) is -3.03. The fourth-order valence-electron chi connectivity index (χ4n) is 2.95. The van der Waals surface area contributed by atoms with E-state index in [1.54, 1.807) is 23.1 Å². The molecule has 0 N–H and O–H groups in total. The van der Waals surface area contributed by atoms with Crippen molar-refractivity contribution in [3.8, 4) is 0 Å². The molecule has 1 saturated heterocycles. The lowest BCUT2D eigenvalue weighted by atomic mass is 10.1. The van der Waals surface area contributed by atoms with Crippen LogP contribution < -0.4 is 0 Å². The number of benzene rings is 1. The van der Waals surface area contributed by atoms with E-state index in [1.165, 1.54) is 6.07 Å². The molecule has 1 unspecified atom stereocenters. The minimum Gasteiger partial charge on any atom is -0.335 e. The smallest absolute Gasteiger partial charge is 0.227 e. The van der Waals surface area contributed by atoms with E-state index in [1.807, 2.05) is 0 Å². The van der Waals surface area contributed by atoms with Crippen LogP contribution in [-0.2, 0) is 21.1 Å². The van der Waals surface area contributed by atoms with Crippen LogP contribution in [0.1, 0.15) is 24.8 Å². The van der Waals surface area contributed by atoms with Crippen LogP contribution in [0.25, 0.3) is 0 Å². The zero-order valence-electron chi connectivity index (χ0n) is 11.7. The molecule has 1 saturated carbocycles. The molecule has 1 amide bonds. The molecular formula is C15H18FNO3S. The van der Waals surface area contributed by atoms with Gasteiger partial charge in [-0.25, -0.2) is 12.8 Å². The molecular weight excluding hydrogens is 293 g/mol. The molecule has 1 aromatic carbocycles. The molecule has 4 nitrogen and oxygen atoms in total. The van der Waals surface area contributed by atoms with Crippen molar-refractivity contribution in [3.05, 3.63) is 35.6 Å². The molecule has 0 radical (unpaired) electrons. The molecule has 3 rings (SSSR count). The zero-order valence-corrected chi connectivity index (χ0v) is 12.5. The summed E-state index contributed by atoms with van der Waals surface area (Å²) < 4.78 is 36.9. The molecule has 0 bridgehead atoms. The van der Waals surface area contributed by atoms with Gasteiger partial charge < -0.3 is 4.90 Å². The van der Waals surface area contributed by atoms with Crippen molar-refractivity contribution in [2.24, 2.45) is 0 Å². The Hall–Kier alpha value is -1.43. The lowest BCUT2D eigenvalue weighted by Gasteiger charge is -2.28. The summed E-state index contributed by atoms with van der Waals surface area (Å²) in [6.07, 6.45) is 2.33. The van der Waals surface area contributed by atoms with E-state index >= 15 is 0 Å². The van der Waals surface area contributed by atoms with Crippen molar-refractivity contribution >= 4 is 15.7 Å². The Labute approximate surface area is 123 Å². The molecule has 1 aliphatic carbocycles. The number of carbonyl (C=O) groups excluding carboxylic acids is 1. The number of rotatable bonds is 4. The van der Waals surface area contributed by atoms with Crippen molar-refractivity contribution in [3.63, 3.8) is 0 Å². The third kappa shape index (κ3) is 3.26. The van der Waals surface area contributed by atoms with Gasteiger partial charge in [-0.15, -0.1) is 0 Å². The van der Waals surface area contributed by atoms with Gasteiger partial charge in [0.05, 0.1) is 17.9 Å². The first kappa shape index (κ1) is 14.5. The summed E-state index contributed by atoms with van der Waals surface area (Å²) >= 11 is 0. The van der Waals surface area contributed by atoms with Crippen LogP contribution in [0.15, 0.2) is 24.3 Å². The second-order valence-electron chi connectivity index (χ2n) is 5.86. The lowest BCUT2D eigenvalue weighted by Crippen LogP contribution is -2.43. The molecule has 1 atom stereocenters. The quantitative estimate of drug-likeness (QED) is 0.848. The molecule has 2 aliphatic rings. The maximum atomic E-state index is 13.7. The number of carbonyl (C=O) groups is 1. The topological polar surface area (TPSA) is 54.5 Å². The zero-order chi connectivity index (χ0) is 15.0. The van der Waals surface area contributed by atoms with Crippen molar-refractivity contribution in [1.29, 1.82) is 0 Å². The first-order valence-electron chi connectivity index (χ1n) is 7.21. The van der Waals surface area contributed by atoms with Gasteiger partial charge in [0.2, 0.25) is 5.91 Å². The number of halogens is 1. The highest BCUT2D eigenvalue weighted by Crippen LogP contribution is 2.32. The maximum absolute atomic E-state index is 13.7. The second-order valence-corrected chi connectivity index (χ2v) is 8.09. The van der Waals surface area contributed by atoms with Gasteiger partial charge in [-0.3, -0.25) is 4.79 Å². The molecule has 6 heteroatoms. The second kappa shape index (κ2) is 5.40. The summed E-state index contributed by atoms with van der Waals surface area (Å²) in [6.45, 7) is 0. The Morgan fingerprint density at radius 1 is 1.19 bits per heavy atom. The van der Waals surface area contributed by atoms with E-state index in [2.05, 4.69) is 0 Å². The fourth-order valence-corrected chi connectivity index (χ4v) is 4.66. The third-order valence-corrected chi connectivity index (χ3v) is 5.88. The number of amides is 1. The molecule has 1 aliphatic heterocycles. The fraction of sp³-hybridized carbons (Fsp3) is 0.533. The highest BCUT2D eigenvalue weighted by atomic mass is 32.2. The number of hydrogen-bond acceptors (Lipinski definition) is 3. The maximum Gasteiger partial charge on any atom is 0.227 e. The first-order valence-corrected chi connectivity index (χ1v) is 9.03. The Morgan fingerprint density at radius 2 is 1.90 bits per heavy atom. The van der Waals surface area contributed by atoms with Crippen LogP contribution in [0.5, 0.6) is 0 Å². The van der Waals surface area contributed by atoms with Crippen LogP contribution >= 0.6 is 0 Å². The molecule has 1 aromatic rings. The van der Waals surface area contributed by atoms with Gasteiger partial charge in [0, 0.05) is 12.1 Å². The molecule has 0 aromatic heterocycles. The Bertz CT molecular complexity index is 655. The van der Waals surface area contributed by atoms with Gasteiger partial charge in [-0.2, -0.15) is 0 Å². The van der Waals surface area contributed by atoms with Gasteiger partial charge in [-0.1, -0.05) is 18.2 Å². The Kier molecular flexibility index (Phi) is 3.73. The number of nitrogens with zero attached hydrogens (tertiary/aromatic N) is 1. The highest BCUT2D eigenvalue weighted by molar-refractivity contribution is 7.91. The van der Waals surface area contributed by atoms with E-state index in [0.717, 1.165) is 12.8 Å². The van der Waals surface area contributed by atoms with Crippen molar-refractivity contribution < 1.29 is 17.6 Å². The van der Waals surface area contributed by atoms with Crippen molar-refractivity contribution in [2.75, 3.05) is 11.5 Å². The molecule has 2 fully saturated rings. The Morgan fingerprint density at radius 3 is 2.48 bits per heavy atom. The van der Waals surface area contributed by atoms with Gasteiger partial charge in [0.1, 0.15) is 5.82 Å². The summed E-state index contributed by atoms with van der Waals surface area (Å²) in [4.78, 5) is 14.2. The first-order chi connectivity index (χ1) is 9.96. The van der Waals surface area contributed by atoms with Crippen LogP contribution in [0.2, 0.25) is 0 Å². The minimum absolute atomic E-state index is 0.000277. The summed E-state index contributed by atoms with van der Waals surface area (Å²) in [5.41, 5.74) is 0.369. The summed E-state index contributed by atoms with van der Waals surface area (Å²) in [6, 6.07) is 6.14. The molecule has 0 spiro atoms. The number of hydrogen-bond donors (Lipinski definition) is 0. The standard InChI is InChI=1S/C15H18FNO3S/c16-14-4-2-1-3-11(14)9-15(18)17(12-5-6-12)13-7-8-21(19,20)10-13/h1-4,12-13H,5-10H2. The van der Waals surface area contributed by atoms with Crippen LogP contribution in [0.3, 0.4) is 0 Å². The van der Waals surface area contributed by atoms with Gasteiger partial charge in [-0.05, 0) is 30.9 Å². The van der Waals surface area contributed by atoms with E-state index in [0.29, 0.717) is 12.0 Å². The van der Waals surface area contributed by atoms with Crippen LogP contribution in [0, 0.1) is 5.82 Å². The van der Waals surface area contributed by atoms with Crippen molar-refractivity contribution in [1.82, 2.24) is 4.90 Å². The average Bonchev–Trinajstić information content (AvgIpc) is 3.17. The predicted octanol–water partition coefficient (Wildman–Crippen LogP) is 1.55. The minimum atomic E-state index is -3.03. The molecule has 1 heterocycles.